The van der Waals surface area contributed by atoms with Gasteiger partial charge in [0, 0.05) is 6.54 Å². The van der Waals surface area contributed by atoms with Crippen molar-refractivity contribution in [2.45, 2.75) is 24.7 Å². The fourth-order valence-electron chi connectivity index (χ4n) is 1.54. The van der Waals surface area contributed by atoms with Crippen LogP contribution in [0.4, 0.5) is 0 Å². The van der Waals surface area contributed by atoms with E-state index in [1.807, 2.05) is 13.0 Å². The van der Waals surface area contributed by atoms with Gasteiger partial charge in [0.1, 0.15) is 0 Å². The van der Waals surface area contributed by atoms with E-state index in [0.29, 0.717) is 17.7 Å². The van der Waals surface area contributed by atoms with Crippen LogP contribution in [0.1, 0.15) is 18.4 Å². The predicted octanol–water partition coefficient (Wildman–Crippen LogP) is 1.82. The average Bonchev–Trinajstić information content (AvgIpc) is 2.27. The van der Waals surface area contributed by atoms with Crippen molar-refractivity contribution in [1.29, 1.82) is 0 Å². The SMILES string of the molecule is Cc1cccc(S(=O)(=O)CCCCNS(=O)(=O)I)c1. The van der Waals surface area contributed by atoms with Crippen molar-refractivity contribution in [3.63, 3.8) is 0 Å². The summed E-state index contributed by atoms with van der Waals surface area (Å²) in [6, 6.07) is 6.78. The summed E-state index contributed by atoms with van der Waals surface area (Å²) in [6.07, 6.45) is 0.919. The second-order valence-corrected chi connectivity index (χ2v) is 10.9. The van der Waals surface area contributed by atoms with Crippen molar-refractivity contribution in [3.05, 3.63) is 29.8 Å². The second-order valence-electron chi connectivity index (χ2n) is 4.17. The van der Waals surface area contributed by atoms with Crippen LogP contribution in [0.3, 0.4) is 0 Å². The Labute approximate surface area is 126 Å². The lowest BCUT2D eigenvalue weighted by Crippen LogP contribution is -2.19. The molecule has 0 spiro atoms. The van der Waals surface area contributed by atoms with Crippen LogP contribution in [-0.4, -0.2) is 29.1 Å². The van der Waals surface area contributed by atoms with Gasteiger partial charge < -0.3 is 0 Å². The molecule has 1 aromatic carbocycles. The highest BCUT2D eigenvalue weighted by Crippen LogP contribution is 2.14. The van der Waals surface area contributed by atoms with E-state index < -0.39 is 17.0 Å². The van der Waals surface area contributed by atoms with E-state index in [1.165, 1.54) is 21.2 Å². The van der Waals surface area contributed by atoms with Crippen LogP contribution in [0, 0.1) is 6.92 Å². The highest BCUT2D eigenvalue weighted by molar-refractivity contribution is 14.2. The Balaban J connectivity index is 2.48. The molecule has 0 aromatic heterocycles. The largest absolute Gasteiger partial charge is 0.265 e. The van der Waals surface area contributed by atoms with Crippen molar-refractivity contribution < 1.29 is 16.8 Å². The number of aryl methyl sites for hydroxylation is 1. The van der Waals surface area contributed by atoms with Crippen LogP contribution in [-0.2, 0) is 17.0 Å². The lowest BCUT2D eigenvalue weighted by Gasteiger charge is -2.05. The number of sulfone groups is 1. The summed E-state index contributed by atoms with van der Waals surface area (Å²) in [5.41, 5.74) is 0.902. The summed E-state index contributed by atoms with van der Waals surface area (Å²) in [6.45, 7) is 2.10. The maximum absolute atomic E-state index is 12.0. The quantitative estimate of drug-likeness (QED) is 0.417. The Bertz CT molecular complexity index is 626. The van der Waals surface area contributed by atoms with Gasteiger partial charge in [-0.3, -0.25) is 0 Å². The summed E-state index contributed by atoms with van der Waals surface area (Å²) < 4.78 is 47.9. The molecule has 0 saturated heterocycles. The van der Waals surface area contributed by atoms with Gasteiger partial charge in [0.2, 0.25) is 0 Å². The summed E-state index contributed by atoms with van der Waals surface area (Å²) in [7, 11) is -6.51. The zero-order valence-corrected chi connectivity index (χ0v) is 14.3. The minimum atomic E-state index is -3.28. The molecule has 0 bridgehead atoms. The lowest BCUT2D eigenvalue weighted by atomic mass is 10.2. The van der Waals surface area contributed by atoms with Gasteiger partial charge in [0.15, 0.2) is 9.84 Å². The Hall–Kier alpha value is -0.190. The third-order valence-electron chi connectivity index (χ3n) is 2.46. The standard InChI is InChI=1S/C11H16INO4S2/c1-10-5-4-6-11(9-10)18(14,15)8-3-2-7-13-19(12,16)17/h4-6,9,13H,2-3,7-8H2,1H3. The lowest BCUT2D eigenvalue weighted by molar-refractivity contribution is 0.588. The number of rotatable bonds is 7. The molecule has 108 valence electrons. The van der Waals surface area contributed by atoms with Crippen molar-refractivity contribution in [2.24, 2.45) is 0 Å². The molecule has 1 rings (SSSR count). The number of unbranched alkanes of at least 4 members (excludes halogenated alkanes) is 1. The van der Waals surface area contributed by atoms with E-state index in [2.05, 4.69) is 4.72 Å². The van der Waals surface area contributed by atoms with E-state index in [9.17, 15) is 16.8 Å². The number of benzene rings is 1. The maximum Gasteiger partial charge on any atom is 0.265 e. The molecule has 0 heterocycles. The van der Waals surface area contributed by atoms with Crippen molar-refractivity contribution in [1.82, 2.24) is 4.72 Å². The van der Waals surface area contributed by atoms with Crippen molar-refractivity contribution in [2.75, 3.05) is 12.3 Å². The molecule has 0 unspecified atom stereocenters. The predicted molar refractivity (Wildman–Crippen MR) is 83.4 cm³/mol. The number of hydrogen-bond acceptors (Lipinski definition) is 4. The van der Waals surface area contributed by atoms with E-state index in [0.717, 1.165) is 5.56 Å². The average molecular weight is 417 g/mol. The van der Waals surface area contributed by atoms with Gasteiger partial charge in [-0.15, -0.1) is 0 Å². The summed E-state index contributed by atoms with van der Waals surface area (Å²) >= 11 is 1.30. The van der Waals surface area contributed by atoms with Crippen LogP contribution >= 0.6 is 21.2 Å². The molecule has 1 N–H and O–H groups in total. The van der Waals surface area contributed by atoms with Crippen LogP contribution in [0.2, 0.25) is 0 Å². The second kappa shape index (κ2) is 7.00. The molecule has 5 nitrogen and oxygen atoms in total. The minimum Gasteiger partial charge on any atom is -0.224 e. The first-order valence-electron chi connectivity index (χ1n) is 5.69. The first kappa shape index (κ1) is 16.9. The molecule has 0 aliphatic heterocycles. The normalized spacial score (nSPS) is 12.5. The molecule has 0 aliphatic rings. The maximum atomic E-state index is 12.0. The fourth-order valence-corrected chi connectivity index (χ4v) is 4.06. The molecule has 0 radical (unpaired) electrons. The van der Waals surface area contributed by atoms with Gasteiger partial charge in [0.25, 0.3) is 7.19 Å². The number of nitrogens with one attached hydrogen (secondary N) is 1. The molecule has 0 fully saturated rings. The zero-order valence-electron chi connectivity index (χ0n) is 10.5. The van der Waals surface area contributed by atoms with Gasteiger partial charge in [-0.2, -0.15) is 0 Å². The molecule has 8 heteroatoms. The third kappa shape index (κ3) is 6.68. The molecule has 19 heavy (non-hydrogen) atoms. The van der Waals surface area contributed by atoms with Crippen molar-refractivity contribution >= 4 is 38.2 Å². The Kier molecular flexibility index (Phi) is 6.21. The fraction of sp³-hybridized carbons (Fsp3) is 0.455. The zero-order chi connectivity index (χ0) is 14.5. The molecule has 0 saturated carbocycles. The van der Waals surface area contributed by atoms with Crippen molar-refractivity contribution in [3.8, 4) is 0 Å². The molecular formula is C11H16INO4S2. The van der Waals surface area contributed by atoms with Gasteiger partial charge in [0.05, 0.1) is 31.9 Å². The van der Waals surface area contributed by atoms with E-state index in [1.54, 1.807) is 18.2 Å². The first-order valence-corrected chi connectivity index (χ1v) is 11.4. The smallest absolute Gasteiger partial charge is 0.224 e. The Morgan fingerprint density at radius 2 is 1.84 bits per heavy atom. The van der Waals surface area contributed by atoms with Crippen LogP contribution in [0.25, 0.3) is 0 Å². The molecule has 1 aromatic rings. The highest BCUT2D eigenvalue weighted by atomic mass is 127. The Morgan fingerprint density at radius 3 is 2.42 bits per heavy atom. The summed E-state index contributed by atoms with van der Waals surface area (Å²) in [5.74, 6) is 0.0272. The van der Waals surface area contributed by atoms with Gasteiger partial charge >= 0.3 is 0 Å². The molecule has 0 amide bonds. The highest BCUT2D eigenvalue weighted by Gasteiger charge is 2.13. The summed E-state index contributed by atoms with van der Waals surface area (Å²) in [4.78, 5) is 0.321. The summed E-state index contributed by atoms with van der Waals surface area (Å²) in [5, 5.41) is 0. The molecule has 0 atom stereocenters. The Morgan fingerprint density at radius 1 is 1.16 bits per heavy atom. The number of hydrogen-bond donors (Lipinski definition) is 1. The van der Waals surface area contributed by atoms with E-state index in [4.69, 9.17) is 0 Å². The van der Waals surface area contributed by atoms with Crippen LogP contribution in [0.5, 0.6) is 0 Å². The van der Waals surface area contributed by atoms with E-state index >= 15 is 0 Å². The van der Waals surface area contributed by atoms with Crippen LogP contribution < -0.4 is 4.72 Å². The third-order valence-corrected chi connectivity index (χ3v) is 5.74. The van der Waals surface area contributed by atoms with E-state index in [-0.39, 0.29) is 12.3 Å². The monoisotopic (exact) mass is 417 g/mol. The van der Waals surface area contributed by atoms with Gasteiger partial charge in [-0.1, -0.05) is 12.1 Å². The van der Waals surface area contributed by atoms with Gasteiger partial charge in [-0.25, -0.2) is 21.6 Å². The minimum absolute atomic E-state index is 0.0272. The van der Waals surface area contributed by atoms with Crippen LogP contribution in [0.15, 0.2) is 29.2 Å². The van der Waals surface area contributed by atoms with Gasteiger partial charge in [-0.05, 0) is 37.5 Å². The topological polar surface area (TPSA) is 80.3 Å². The molecule has 0 aliphatic carbocycles. The first-order chi connectivity index (χ1) is 8.71. The number of halogens is 1. The molecular weight excluding hydrogens is 401 g/mol.